The number of rotatable bonds is 5. The van der Waals surface area contributed by atoms with Crippen molar-refractivity contribution in [2.45, 2.75) is 13.3 Å². The number of aromatic nitrogens is 4. The summed E-state index contributed by atoms with van der Waals surface area (Å²) < 4.78 is 7.01. The molecule has 29 heavy (non-hydrogen) atoms. The van der Waals surface area contributed by atoms with E-state index in [-0.39, 0.29) is 18.2 Å². The minimum atomic E-state index is -0.470. The number of carbonyl (C=O) groups is 2. The lowest BCUT2D eigenvalue weighted by atomic mass is 10.1. The first-order valence-electron chi connectivity index (χ1n) is 9.13. The van der Waals surface area contributed by atoms with E-state index in [2.05, 4.69) is 20.3 Å². The van der Waals surface area contributed by atoms with Gasteiger partial charge in [-0.05, 0) is 19.1 Å². The number of ether oxygens (including phenoxy) is 1. The quantitative estimate of drug-likeness (QED) is 0.712. The molecule has 0 spiro atoms. The van der Waals surface area contributed by atoms with Crippen LogP contribution in [0.2, 0.25) is 0 Å². The zero-order valence-electron chi connectivity index (χ0n) is 16.1. The predicted octanol–water partition coefficient (Wildman–Crippen LogP) is 1.97. The summed E-state index contributed by atoms with van der Waals surface area (Å²) >= 11 is 0. The largest absolute Gasteiger partial charge is 0.497 e. The van der Waals surface area contributed by atoms with Gasteiger partial charge < -0.3 is 15.0 Å². The Hall–Kier alpha value is -3.75. The van der Waals surface area contributed by atoms with Gasteiger partial charge in [0, 0.05) is 43.2 Å². The van der Waals surface area contributed by atoms with E-state index >= 15 is 0 Å². The van der Waals surface area contributed by atoms with E-state index in [1.54, 1.807) is 41.1 Å². The van der Waals surface area contributed by atoms with Crippen LogP contribution in [0.15, 0.2) is 49.1 Å². The Bertz CT molecular complexity index is 1060. The fourth-order valence-corrected chi connectivity index (χ4v) is 3.31. The number of hydrogen-bond acceptors (Lipinski definition) is 6. The first-order valence-corrected chi connectivity index (χ1v) is 9.13. The van der Waals surface area contributed by atoms with Crippen LogP contribution in [0.4, 0.5) is 11.5 Å². The van der Waals surface area contributed by atoms with Crippen molar-refractivity contribution in [3.05, 3.63) is 54.9 Å². The number of hydrogen-bond donors (Lipinski definition) is 1. The molecule has 2 amide bonds. The summed E-state index contributed by atoms with van der Waals surface area (Å²) in [5, 5.41) is 2.79. The second-order valence-electron chi connectivity index (χ2n) is 6.70. The Labute approximate surface area is 167 Å². The summed E-state index contributed by atoms with van der Waals surface area (Å²) in [6.45, 7) is 2.16. The van der Waals surface area contributed by atoms with Gasteiger partial charge in [-0.15, -0.1) is 0 Å². The van der Waals surface area contributed by atoms with E-state index in [4.69, 9.17) is 4.74 Å². The van der Waals surface area contributed by atoms with Crippen molar-refractivity contribution < 1.29 is 14.3 Å². The van der Waals surface area contributed by atoms with E-state index in [1.807, 2.05) is 25.1 Å². The zero-order chi connectivity index (χ0) is 20.4. The third kappa shape index (κ3) is 3.79. The van der Waals surface area contributed by atoms with Crippen molar-refractivity contribution in [1.82, 2.24) is 19.5 Å². The molecule has 148 valence electrons. The molecule has 9 nitrogen and oxygen atoms in total. The lowest BCUT2D eigenvalue weighted by Gasteiger charge is -2.17. The minimum absolute atomic E-state index is 0.101. The first-order chi connectivity index (χ1) is 14.0. The van der Waals surface area contributed by atoms with E-state index in [1.165, 1.54) is 6.33 Å². The van der Waals surface area contributed by atoms with Gasteiger partial charge in [-0.25, -0.2) is 15.0 Å². The molecule has 1 aliphatic heterocycles. The van der Waals surface area contributed by atoms with Crippen LogP contribution in [0.25, 0.3) is 5.82 Å². The number of imidazole rings is 1. The number of nitrogens with one attached hydrogen (secondary N) is 1. The summed E-state index contributed by atoms with van der Waals surface area (Å²) in [6.07, 6.45) is 4.98. The van der Waals surface area contributed by atoms with Crippen molar-refractivity contribution in [3.8, 4) is 11.6 Å². The van der Waals surface area contributed by atoms with Crippen molar-refractivity contribution in [2.75, 3.05) is 23.9 Å². The number of carbonyl (C=O) groups excluding carboxylic acids is 2. The second kappa shape index (κ2) is 7.70. The number of methoxy groups -OCH3 is 1. The average Bonchev–Trinajstić information content (AvgIpc) is 3.34. The number of nitrogens with zero attached hydrogens (tertiary/aromatic N) is 5. The van der Waals surface area contributed by atoms with Gasteiger partial charge in [0.1, 0.15) is 29.5 Å². The van der Waals surface area contributed by atoms with Gasteiger partial charge in [-0.2, -0.15) is 0 Å². The van der Waals surface area contributed by atoms with Crippen LogP contribution < -0.4 is 15.0 Å². The highest BCUT2D eigenvalue weighted by molar-refractivity contribution is 6.03. The monoisotopic (exact) mass is 392 g/mol. The highest BCUT2D eigenvalue weighted by Crippen LogP contribution is 2.28. The highest BCUT2D eigenvalue weighted by atomic mass is 16.5. The number of anilines is 2. The predicted molar refractivity (Wildman–Crippen MR) is 106 cm³/mol. The van der Waals surface area contributed by atoms with Crippen LogP contribution in [-0.2, 0) is 9.59 Å². The van der Waals surface area contributed by atoms with Gasteiger partial charge in [-0.3, -0.25) is 14.2 Å². The molecule has 0 aliphatic carbocycles. The van der Waals surface area contributed by atoms with Crippen molar-refractivity contribution in [3.63, 3.8) is 0 Å². The smallest absolute Gasteiger partial charge is 0.230 e. The SMILES string of the molecule is COc1cccc(N2CC(C(=O)Nc3cc(-n4ccnc4C)ncn3)CC2=O)c1. The van der Waals surface area contributed by atoms with E-state index in [0.717, 1.165) is 5.82 Å². The van der Waals surface area contributed by atoms with Gasteiger partial charge in [0.15, 0.2) is 0 Å². The minimum Gasteiger partial charge on any atom is -0.497 e. The van der Waals surface area contributed by atoms with Crippen molar-refractivity contribution >= 4 is 23.3 Å². The Morgan fingerprint density at radius 2 is 2.10 bits per heavy atom. The van der Waals surface area contributed by atoms with Crippen molar-refractivity contribution in [2.24, 2.45) is 5.92 Å². The number of amides is 2. The molecule has 1 unspecified atom stereocenters. The molecule has 1 N–H and O–H groups in total. The van der Waals surface area contributed by atoms with Gasteiger partial charge in [-0.1, -0.05) is 6.07 Å². The van der Waals surface area contributed by atoms with Crippen LogP contribution in [0.1, 0.15) is 12.2 Å². The maximum absolute atomic E-state index is 12.7. The Balaban J connectivity index is 1.47. The molecule has 1 saturated heterocycles. The standard InChI is InChI=1S/C20H20N6O3/c1-13-21-6-7-25(13)18-10-17(22-12-23-18)24-20(28)14-8-19(27)26(11-14)15-4-3-5-16(9-15)29-2/h3-7,9-10,12,14H,8,11H2,1-2H3,(H,22,23,24,28). The van der Waals surface area contributed by atoms with Gasteiger partial charge >= 0.3 is 0 Å². The van der Waals surface area contributed by atoms with Gasteiger partial charge in [0.05, 0.1) is 13.0 Å². The van der Waals surface area contributed by atoms with E-state index in [9.17, 15) is 9.59 Å². The number of aryl methyl sites for hydroxylation is 1. The molecule has 1 aromatic carbocycles. The van der Waals surface area contributed by atoms with Crippen LogP contribution in [0, 0.1) is 12.8 Å². The lowest BCUT2D eigenvalue weighted by molar-refractivity contribution is -0.122. The van der Waals surface area contributed by atoms with Crippen molar-refractivity contribution in [1.29, 1.82) is 0 Å². The summed E-state index contributed by atoms with van der Waals surface area (Å²) in [6, 6.07) is 8.90. The molecule has 1 atom stereocenters. The maximum Gasteiger partial charge on any atom is 0.230 e. The lowest BCUT2D eigenvalue weighted by Crippen LogP contribution is -2.28. The first kappa shape index (κ1) is 18.6. The van der Waals surface area contributed by atoms with Gasteiger partial charge in [0.25, 0.3) is 0 Å². The van der Waals surface area contributed by atoms with E-state index in [0.29, 0.717) is 29.6 Å². The molecule has 0 saturated carbocycles. The molecule has 9 heteroatoms. The fraction of sp³-hybridized carbons (Fsp3) is 0.250. The molecule has 0 bridgehead atoms. The summed E-state index contributed by atoms with van der Waals surface area (Å²) in [5.74, 6) is 1.59. The number of benzene rings is 1. The third-order valence-corrected chi connectivity index (χ3v) is 4.84. The normalized spacial score (nSPS) is 16.1. The Kier molecular flexibility index (Phi) is 4.94. The molecule has 4 rings (SSSR count). The second-order valence-corrected chi connectivity index (χ2v) is 6.70. The zero-order valence-corrected chi connectivity index (χ0v) is 16.1. The van der Waals surface area contributed by atoms with Gasteiger partial charge in [0.2, 0.25) is 11.8 Å². The molecule has 1 aliphatic rings. The Morgan fingerprint density at radius 3 is 2.86 bits per heavy atom. The summed E-state index contributed by atoms with van der Waals surface area (Å²) in [4.78, 5) is 39.3. The third-order valence-electron chi connectivity index (χ3n) is 4.84. The Morgan fingerprint density at radius 1 is 1.24 bits per heavy atom. The fourth-order valence-electron chi connectivity index (χ4n) is 3.31. The van der Waals surface area contributed by atoms with Crippen LogP contribution in [0.5, 0.6) is 5.75 Å². The molecule has 3 aromatic rings. The molecule has 3 heterocycles. The highest BCUT2D eigenvalue weighted by Gasteiger charge is 2.35. The molecule has 2 aromatic heterocycles. The maximum atomic E-state index is 12.7. The van der Waals surface area contributed by atoms with Crippen LogP contribution in [-0.4, -0.2) is 45.0 Å². The summed E-state index contributed by atoms with van der Waals surface area (Å²) in [5.41, 5.74) is 0.713. The van der Waals surface area contributed by atoms with Crippen LogP contribution >= 0.6 is 0 Å². The topological polar surface area (TPSA) is 102 Å². The van der Waals surface area contributed by atoms with E-state index < -0.39 is 5.92 Å². The summed E-state index contributed by atoms with van der Waals surface area (Å²) in [7, 11) is 1.57. The molecule has 0 radical (unpaired) electrons. The van der Waals surface area contributed by atoms with Crippen LogP contribution in [0.3, 0.4) is 0 Å². The molecule has 1 fully saturated rings. The average molecular weight is 392 g/mol. The molecular formula is C20H20N6O3. The molecular weight excluding hydrogens is 372 g/mol.